The predicted molar refractivity (Wildman–Crippen MR) is 71.8 cm³/mol. The number of hydrogen-bond acceptors (Lipinski definition) is 4. The Morgan fingerprint density at radius 3 is 3.11 bits per heavy atom. The molecular weight excluding hydrogens is 226 g/mol. The topological polar surface area (TPSA) is 37.4 Å². The van der Waals surface area contributed by atoms with Gasteiger partial charge in [-0.2, -0.15) is 0 Å². The average Bonchev–Trinajstić information content (AvgIpc) is 2.89. The van der Waals surface area contributed by atoms with Gasteiger partial charge < -0.3 is 15.0 Å². The van der Waals surface area contributed by atoms with Crippen molar-refractivity contribution < 1.29 is 4.74 Å². The van der Waals surface area contributed by atoms with Crippen LogP contribution in [0.3, 0.4) is 0 Å². The van der Waals surface area contributed by atoms with E-state index in [0.717, 1.165) is 32.6 Å². The third-order valence-corrected chi connectivity index (χ3v) is 3.79. The Morgan fingerprint density at radius 1 is 1.33 bits per heavy atom. The van der Waals surface area contributed by atoms with E-state index in [1.54, 1.807) is 0 Å². The molecule has 98 valence electrons. The van der Waals surface area contributed by atoms with Crippen molar-refractivity contribution in [2.75, 3.05) is 31.1 Å². The lowest BCUT2D eigenvalue weighted by Gasteiger charge is -2.26. The molecule has 1 aromatic heterocycles. The number of pyridine rings is 1. The molecule has 0 bridgehead atoms. The van der Waals surface area contributed by atoms with Crippen molar-refractivity contribution in [3.63, 3.8) is 0 Å². The minimum Gasteiger partial charge on any atom is -0.372 e. The van der Waals surface area contributed by atoms with E-state index in [9.17, 15) is 0 Å². The van der Waals surface area contributed by atoms with Gasteiger partial charge in [-0.25, -0.2) is 0 Å². The number of rotatable bonds is 3. The van der Waals surface area contributed by atoms with E-state index in [2.05, 4.69) is 21.3 Å². The Bertz CT molecular complexity index is 365. The average molecular weight is 247 g/mol. The second-order valence-electron chi connectivity index (χ2n) is 5.17. The Labute approximate surface area is 108 Å². The number of hydrogen-bond donors (Lipinski definition) is 1. The van der Waals surface area contributed by atoms with Gasteiger partial charge in [0.05, 0.1) is 24.1 Å². The summed E-state index contributed by atoms with van der Waals surface area (Å²) in [5.41, 5.74) is 1.21. The van der Waals surface area contributed by atoms with Gasteiger partial charge in [0.25, 0.3) is 0 Å². The molecule has 3 rings (SSSR count). The molecule has 0 radical (unpaired) electrons. The summed E-state index contributed by atoms with van der Waals surface area (Å²) in [6.07, 6.45) is 8.13. The molecule has 0 amide bonds. The summed E-state index contributed by atoms with van der Waals surface area (Å²) >= 11 is 0. The summed E-state index contributed by atoms with van der Waals surface area (Å²) < 4.78 is 6.18. The molecular formula is C14H21N3O. The van der Waals surface area contributed by atoms with Gasteiger partial charge in [0.1, 0.15) is 0 Å². The van der Waals surface area contributed by atoms with Gasteiger partial charge in [-0.15, -0.1) is 0 Å². The lowest BCUT2D eigenvalue weighted by Crippen LogP contribution is -2.38. The molecule has 2 atom stereocenters. The fraction of sp³-hybridized carbons (Fsp3) is 0.643. The summed E-state index contributed by atoms with van der Waals surface area (Å²) in [7, 11) is 0. The van der Waals surface area contributed by atoms with Gasteiger partial charge in [-0.1, -0.05) is 0 Å². The zero-order valence-corrected chi connectivity index (χ0v) is 10.7. The first-order valence-corrected chi connectivity index (χ1v) is 6.93. The fourth-order valence-electron chi connectivity index (χ4n) is 2.82. The van der Waals surface area contributed by atoms with Crippen molar-refractivity contribution in [3.8, 4) is 0 Å². The van der Waals surface area contributed by atoms with Crippen LogP contribution in [-0.2, 0) is 4.74 Å². The molecule has 0 aromatic carbocycles. The molecule has 18 heavy (non-hydrogen) atoms. The maximum atomic E-state index is 6.18. The monoisotopic (exact) mass is 247 g/mol. The van der Waals surface area contributed by atoms with Gasteiger partial charge in [0.2, 0.25) is 0 Å². The highest BCUT2D eigenvalue weighted by molar-refractivity contribution is 5.44. The number of anilines is 1. The van der Waals surface area contributed by atoms with E-state index in [4.69, 9.17) is 4.74 Å². The van der Waals surface area contributed by atoms with Crippen molar-refractivity contribution in [2.24, 2.45) is 0 Å². The largest absolute Gasteiger partial charge is 0.372 e. The highest BCUT2D eigenvalue weighted by Gasteiger charge is 2.26. The van der Waals surface area contributed by atoms with Crippen LogP contribution < -0.4 is 10.2 Å². The Balaban J connectivity index is 1.52. The van der Waals surface area contributed by atoms with Crippen molar-refractivity contribution >= 4 is 5.69 Å². The standard InChI is InChI=1S/C14H21N3O/c1-3-12(9-15-6-1)17-8-5-14(11-17)18-13-4-2-7-16-10-13/h1,3,6,9,13-14,16H,2,4-5,7-8,10-11H2. The second-order valence-corrected chi connectivity index (χ2v) is 5.17. The lowest BCUT2D eigenvalue weighted by atomic mass is 10.1. The van der Waals surface area contributed by atoms with Gasteiger partial charge in [0.15, 0.2) is 0 Å². The van der Waals surface area contributed by atoms with E-state index in [0.29, 0.717) is 12.2 Å². The van der Waals surface area contributed by atoms with Crippen molar-refractivity contribution in [1.29, 1.82) is 0 Å². The van der Waals surface area contributed by atoms with Gasteiger partial charge >= 0.3 is 0 Å². The van der Waals surface area contributed by atoms with Crippen LogP contribution in [0.15, 0.2) is 24.5 Å². The van der Waals surface area contributed by atoms with E-state index in [-0.39, 0.29) is 0 Å². The molecule has 0 saturated carbocycles. The van der Waals surface area contributed by atoms with Crippen LogP contribution in [0.4, 0.5) is 5.69 Å². The molecule has 0 spiro atoms. The third-order valence-electron chi connectivity index (χ3n) is 3.79. The number of piperidine rings is 1. The Morgan fingerprint density at radius 2 is 2.33 bits per heavy atom. The number of nitrogens with one attached hydrogen (secondary N) is 1. The maximum Gasteiger partial charge on any atom is 0.0771 e. The van der Waals surface area contributed by atoms with E-state index in [1.165, 1.54) is 18.5 Å². The van der Waals surface area contributed by atoms with Gasteiger partial charge in [-0.3, -0.25) is 4.98 Å². The van der Waals surface area contributed by atoms with Crippen molar-refractivity contribution in [2.45, 2.75) is 31.5 Å². The first-order chi connectivity index (χ1) is 8.92. The van der Waals surface area contributed by atoms with E-state index >= 15 is 0 Å². The molecule has 3 heterocycles. The van der Waals surface area contributed by atoms with Crippen LogP contribution >= 0.6 is 0 Å². The minimum absolute atomic E-state index is 0.384. The maximum absolute atomic E-state index is 6.18. The smallest absolute Gasteiger partial charge is 0.0771 e. The van der Waals surface area contributed by atoms with E-state index < -0.39 is 0 Å². The van der Waals surface area contributed by atoms with Crippen molar-refractivity contribution in [3.05, 3.63) is 24.5 Å². The van der Waals surface area contributed by atoms with Crippen molar-refractivity contribution in [1.82, 2.24) is 10.3 Å². The summed E-state index contributed by atoms with van der Waals surface area (Å²) in [5.74, 6) is 0. The number of nitrogens with zero attached hydrogens (tertiary/aromatic N) is 2. The second kappa shape index (κ2) is 5.67. The predicted octanol–water partition coefficient (Wildman–Crippen LogP) is 1.43. The van der Waals surface area contributed by atoms with Crippen LogP contribution in [0.2, 0.25) is 0 Å². The summed E-state index contributed by atoms with van der Waals surface area (Å²) in [5, 5.41) is 3.40. The normalized spacial score (nSPS) is 28.6. The summed E-state index contributed by atoms with van der Waals surface area (Å²) in [6.45, 7) is 4.24. The van der Waals surface area contributed by atoms with Crippen LogP contribution in [0.25, 0.3) is 0 Å². The Kier molecular flexibility index (Phi) is 3.76. The van der Waals surface area contributed by atoms with E-state index in [1.807, 2.05) is 18.5 Å². The number of ether oxygens (including phenoxy) is 1. The molecule has 2 saturated heterocycles. The fourth-order valence-corrected chi connectivity index (χ4v) is 2.82. The summed E-state index contributed by atoms with van der Waals surface area (Å²) in [6, 6.07) is 4.12. The highest BCUT2D eigenvalue weighted by atomic mass is 16.5. The molecule has 1 aromatic rings. The molecule has 1 N–H and O–H groups in total. The first-order valence-electron chi connectivity index (χ1n) is 6.93. The molecule has 0 aliphatic carbocycles. The molecule has 2 aliphatic heterocycles. The lowest BCUT2D eigenvalue weighted by molar-refractivity contribution is -0.0116. The third kappa shape index (κ3) is 2.82. The van der Waals surface area contributed by atoms with Crippen LogP contribution in [0, 0.1) is 0 Å². The SMILES string of the molecule is c1cncc(N2CCC(OC3CCCNC3)C2)c1. The molecule has 2 unspecified atom stereocenters. The van der Waals surface area contributed by atoms with Crippen LogP contribution in [0.1, 0.15) is 19.3 Å². The summed E-state index contributed by atoms with van der Waals surface area (Å²) in [4.78, 5) is 6.55. The van der Waals surface area contributed by atoms with Gasteiger partial charge in [0, 0.05) is 25.8 Å². The molecule has 4 nitrogen and oxygen atoms in total. The molecule has 2 aliphatic rings. The first kappa shape index (κ1) is 11.9. The molecule has 2 fully saturated rings. The zero-order chi connectivity index (χ0) is 12.2. The highest BCUT2D eigenvalue weighted by Crippen LogP contribution is 2.22. The quantitative estimate of drug-likeness (QED) is 0.877. The molecule has 4 heteroatoms. The number of aromatic nitrogens is 1. The minimum atomic E-state index is 0.384. The van der Waals surface area contributed by atoms with Crippen LogP contribution in [-0.4, -0.2) is 43.4 Å². The van der Waals surface area contributed by atoms with Gasteiger partial charge in [-0.05, 0) is 37.9 Å². The zero-order valence-electron chi connectivity index (χ0n) is 10.7. The van der Waals surface area contributed by atoms with Crippen LogP contribution in [0.5, 0.6) is 0 Å². The Hall–Kier alpha value is -1.13.